The van der Waals surface area contributed by atoms with E-state index in [-0.39, 0.29) is 17.2 Å². The molecule has 0 unspecified atom stereocenters. The third-order valence-electron chi connectivity index (χ3n) is 3.45. The van der Waals surface area contributed by atoms with Gasteiger partial charge in [0.2, 0.25) is 5.91 Å². The maximum absolute atomic E-state index is 13.0. The van der Waals surface area contributed by atoms with Crippen molar-refractivity contribution in [1.29, 1.82) is 5.26 Å². The molecule has 0 aromatic heterocycles. The van der Waals surface area contributed by atoms with E-state index in [4.69, 9.17) is 0 Å². The summed E-state index contributed by atoms with van der Waals surface area (Å²) in [5.74, 6) is -1.12. The normalized spacial score (nSPS) is 15.7. The molecule has 0 aliphatic carbocycles. The molecule has 0 radical (unpaired) electrons. The minimum absolute atomic E-state index is 0.152. The Hall–Kier alpha value is -3.11. The van der Waals surface area contributed by atoms with Crippen LogP contribution in [0.4, 0.5) is 15.8 Å². The quantitative estimate of drug-likeness (QED) is 0.679. The summed E-state index contributed by atoms with van der Waals surface area (Å²) in [6, 6.07) is 15.9. The van der Waals surface area contributed by atoms with Crippen molar-refractivity contribution in [2.75, 3.05) is 16.0 Å². The number of hydrogen-bond donors (Lipinski definition) is 1. The molecular weight excluding hydrogens is 341 g/mol. The Morgan fingerprint density at radius 3 is 2.48 bits per heavy atom. The second kappa shape index (κ2) is 7.20. The number of amides is 2. The van der Waals surface area contributed by atoms with Crippen molar-refractivity contribution in [3.63, 3.8) is 0 Å². The fourth-order valence-corrected chi connectivity index (χ4v) is 3.33. The molecule has 1 aliphatic rings. The minimum atomic E-state index is -0.646. The molecule has 1 heterocycles. The largest absolute Gasteiger partial charge is 0.321 e. The molecule has 1 N–H and O–H groups in total. The van der Waals surface area contributed by atoms with Crippen LogP contribution in [0.5, 0.6) is 0 Å². The molecular formula is C18H12FN3O2S. The zero-order valence-electron chi connectivity index (χ0n) is 12.9. The van der Waals surface area contributed by atoms with Crippen molar-refractivity contribution in [2.24, 2.45) is 0 Å². The van der Waals surface area contributed by atoms with Crippen LogP contribution in [-0.2, 0) is 9.59 Å². The van der Waals surface area contributed by atoms with Gasteiger partial charge < -0.3 is 5.32 Å². The molecule has 0 spiro atoms. The lowest BCUT2D eigenvalue weighted by Gasteiger charge is -2.18. The van der Waals surface area contributed by atoms with Gasteiger partial charge in [0, 0.05) is 11.4 Å². The first-order chi connectivity index (χ1) is 12.1. The third-order valence-corrected chi connectivity index (χ3v) is 4.51. The zero-order valence-corrected chi connectivity index (χ0v) is 13.7. The SMILES string of the molecule is N#CC(C(=O)Nc1ccc(F)cc1)=C1SCC(=O)N1c1ccccc1. The van der Waals surface area contributed by atoms with Crippen LogP contribution in [0.15, 0.2) is 65.2 Å². The molecule has 0 bridgehead atoms. The van der Waals surface area contributed by atoms with Gasteiger partial charge in [0.05, 0.1) is 5.75 Å². The minimum Gasteiger partial charge on any atom is -0.321 e. The Balaban J connectivity index is 1.94. The van der Waals surface area contributed by atoms with Crippen LogP contribution in [0.2, 0.25) is 0 Å². The van der Waals surface area contributed by atoms with Crippen LogP contribution in [0.1, 0.15) is 0 Å². The van der Waals surface area contributed by atoms with Gasteiger partial charge in [0.25, 0.3) is 5.91 Å². The molecule has 0 saturated carbocycles. The fourth-order valence-electron chi connectivity index (χ4n) is 2.32. The van der Waals surface area contributed by atoms with Crippen molar-refractivity contribution in [2.45, 2.75) is 0 Å². The number of benzene rings is 2. The van der Waals surface area contributed by atoms with Gasteiger partial charge in [-0.15, -0.1) is 0 Å². The molecule has 25 heavy (non-hydrogen) atoms. The number of thioether (sulfide) groups is 1. The molecule has 2 aromatic carbocycles. The number of hydrogen-bond acceptors (Lipinski definition) is 4. The highest BCUT2D eigenvalue weighted by Gasteiger charge is 2.33. The average Bonchev–Trinajstić information content (AvgIpc) is 3.00. The van der Waals surface area contributed by atoms with Gasteiger partial charge in [-0.3, -0.25) is 14.5 Å². The molecule has 3 rings (SSSR count). The number of anilines is 2. The maximum atomic E-state index is 13.0. The molecule has 2 aromatic rings. The van der Waals surface area contributed by atoms with E-state index in [0.717, 1.165) is 11.8 Å². The van der Waals surface area contributed by atoms with Crippen molar-refractivity contribution >= 4 is 35.0 Å². The van der Waals surface area contributed by atoms with Gasteiger partial charge in [-0.2, -0.15) is 5.26 Å². The van der Waals surface area contributed by atoms with Gasteiger partial charge in [-0.25, -0.2) is 4.39 Å². The summed E-state index contributed by atoms with van der Waals surface area (Å²) in [6.07, 6.45) is 0. The van der Waals surface area contributed by atoms with Crippen molar-refractivity contribution < 1.29 is 14.0 Å². The average molecular weight is 353 g/mol. The Kier molecular flexibility index (Phi) is 4.82. The zero-order chi connectivity index (χ0) is 17.8. The van der Waals surface area contributed by atoms with E-state index in [2.05, 4.69) is 5.32 Å². The van der Waals surface area contributed by atoms with Gasteiger partial charge in [0.15, 0.2) is 0 Å². The van der Waals surface area contributed by atoms with Gasteiger partial charge in [-0.1, -0.05) is 30.0 Å². The number of nitriles is 1. The van der Waals surface area contributed by atoms with Crippen LogP contribution >= 0.6 is 11.8 Å². The number of carbonyl (C=O) groups excluding carboxylic acids is 2. The lowest BCUT2D eigenvalue weighted by molar-refractivity contribution is -0.115. The van der Waals surface area contributed by atoms with Gasteiger partial charge in [-0.05, 0) is 36.4 Å². The highest BCUT2D eigenvalue weighted by atomic mass is 32.2. The first-order valence-corrected chi connectivity index (χ1v) is 8.31. The van der Waals surface area contributed by atoms with Crippen LogP contribution in [0.3, 0.4) is 0 Å². The summed E-state index contributed by atoms with van der Waals surface area (Å²) in [5, 5.41) is 12.3. The standard InChI is InChI=1S/C18H12FN3O2S/c19-12-6-8-13(9-7-12)21-17(24)15(10-20)18-22(16(23)11-25-18)14-4-2-1-3-5-14/h1-9H,11H2,(H,21,24). The molecule has 2 amide bonds. The van der Waals surface area contributed by atoms with Crippen molar-refractivity contribution in [3.8, 4) is 6.07 Å². The number of carbonyl (C=O) groups is 2. The molecule has 1 saturated heterocycles. The smallest absolute Gasteiger partial charge is 0.269 e. The summed E-state index contributed by atoms with van der Waals surface area (Å²) < 4.78 is 13.0. The highest BCUT2D eigenvalue weighted by molar-refractivity contribution is 8.04. The van der Waals surface area contributed by atoms with E-state index in [9.17, 15) is 19.2 Å². The van der Waals surface area contributed by atoms with Crippen LogP contribution in [0, 0.1) is 17.1 Å². The lowest BCUT2D eigenvalue weighted by atomic mass is 10.2. The monoisotopic (exact) mass is 353 g/mol. The summed E-state index contributed by atoms with van der Waals surface area (Å²) >= 11 is 1.14. The van der Waals surface area contributed by atoms with E-state index in [1.165, 1.54) is 29.2 Å². The third kappa shape index (κ3) is 3.54. The Bertz CT molecular complexity index is 889. The van der Waals surface area contributed by atoms with Crippen LogP contribution < -0.4 is 10.2 Å². The number of rotatable bonds is 3. The number of nitrogens with one attached hydrogen (secondary N) is 1. The topological polar surface area (TPSA) is 73.2 Å². The van der Waals surface area contributed by atoms with Crippen LogP contribution in [-0.4, -0.2) is 17.6 Å². The summed E-state index contributed by atoms with van der Waals surface area (Å²) in [7, 11) is 0. The molecule has 0 atom stereocenters. The van der Waals surface area contributed by atoms with Crippen molar-refractivity contribution in [3.05, 3.63) is 71.0 Å². The first-order valence-electron chi connectivity index (χ1n) is 7.32. The predicted octanol–water partition coefficient (Wildman–Crippen LogP) is 3.28. The van der Waals surface area contributed by atoms with E-state index < -0.39 is 11.7 Å². The molecule has 7 heteroatoms. The van der Waals surface area contributed by atoms with Crippen molar-refractivity contribution in [1.82, 2.24) is 0 Å². The number of halogens is 1. The molecule has 5 nitrogen and oxygen atoms in total. The molecule has 1 fully saturated rings. The second-order valence-electron chi connectivity index (χ2n) is 5.11. The Morgan fingerprint density at radius 2 is 1.84 bits per heavy atom. The second-order valence-corrected chi connectivity index (χ2v) is 6.07. The number of para-hydroxylation sites is 1. The summed E-state index contributed by atoms with van der Waals surface area (Å²) in [4.78, 5) is 26.0. The maximum Gasteiger partial charge on any atom is 0.269 e. The van der Waals surface area contributed by atoms with Gasteiger partial charge in [0.1, 0.15) is 22.5 Å². The van der Waals surface area contributed by atoms with Crippen LogP contribution in [0.25, 0.3) is 0 Å². The fraction of sp³-hybridized carbons (Fsp3) is 0.0556. The van der Waals surface area contributed by atoms with E-state index in [1.54, 1.807) is 24.3 Å². The van der Waals surface area contributed by atoms with Gasteiger partial charge >= 0.3 is 0 Å². The Labute approximate surface area is 147 Å². The van der Waals surface area contributed by atoms with E-state index >= 15 is 0 Å². The molecule has 124 valence electrons. The lowest BCUT2D eigenvalue weighted by Crippen LogP contribution is -2.26. The summed E-state index contributed by atoms with van der Waals surface area (Å²) in [6.45, 7) is 0. The molecule has 1 aliphatic heterocycles. The summed E-state index contributed by atoms with van der Waals surface area (Å²) in [5.41, 5.74) is 0.791. The number of nitrogens with zero attached hydrogens (tertiary/aromatic N) is 2. The van der Waals surface area contributed by atoms with E-state index in [0.29, 0.717) is 16.4 Å². The Morgan fingerprint density at radius 1 is 1.16 bits per heavy atom. The first kappa shape index (κ1) is 16.7. The predicted molar refractivity (Wildman–Crippen MR) is 94.1 cm³/mol. The van der Waals surface area contributed by atoms with E-state index in [1.807, 2.05) is 12.1 Å². The highest BCUT2D eigenvalue weighted by Crippen LogP contribution is 2.36.